The lowest BCUT2D eigenvalue weighted by Gasteiger charge is -2.05. The fourth-order valence-corrected chi connectivity index (χ4v) is 2.22. The molecule has 0 fully saturated rings. The van der Waals surface area contributed by atoms with Crippen LogP contribution in [0, 0.1) is 0 Å². The quantitative estimate of drug-likeness (QED) is 0.431. The highest BCUT2D eigenvalue weighted by atomic mass is 16.2. The Morgan fingerprint density at radius 2 is 1.68 bits per heavy atom. The van der Waals surface area contributed by atoms with E-state index in [0.29, 0.717) is 12.3 Å². The van der Waals surface area contributed by atoms with Gasteiger partial charge in [-0.2, -0.15) is 9.67 Å². The normalized spacial score (nSPS) is 11.0. The maximum Gasteiger partial charge on any atom is 0.305 e. The zero-order chi connectivity index (χ0) is 17.9. The van der Waals surface area contributed by atoms with Gasteiger partial charge in [-0.25, -0.2) is 5.43 Å². The Bertz CT molecular complexity index is 715. The number of benzene rings is 1. The molecule has 1 heterocycles. The topological polar surface area (TPSA) is 74.4 Å². The van der Waals surface area contributed by atoms with Crippen LogP contribution in [0.15, 0.2) is 66.0 Å². The molecule has 130 valence electrons. The summed E-state index contributed by atoms with van der Waals surface area (Å²) < 4.78 is 1.75. The minimum absolute atomic E-state index is 0.108. The largest absolute Gasteiger partial charge is 0.355 e. The van der Waals surface area contributed by atoms with Crippen molar-refractivity contribution in [2.24, 2.45) is 5.10 Å². The molecule has 2 N–H and O–H groups in total. The molecule has 0 saturated heterocycles. The van der Waals surface area contributed by atoms with Gasteiger partial charge in [0.05, 0.1) is 6.42 Å². The Kier molecular flexibility index (Phi) is 7.31. The summed E-state index contributed by atoms with van der Waals surface area (Å²) in [5.41, 5.74) is 4.20. The molecular formula is C19H23N4O2+. The molecule has 1 aromatic heterocycles. The van der Waals surface area contributed by atoms with E-state index in [4.69, 9.17) is 0 Å². The lowest BCUT2D eigenvalue weighted by Crippen LogP contribution is -2.41. The average Bonchev–Trinajstić information content (AvgIpc) is 2.62. The molecule has 0 atom stereocenters. The van der Waals surface area contributed by atoms with Gasteiger partial charge in [-0.05, 0) is 18.9 Å². The summed E-state index contributed by atoms with van der Waals surface area (Å²) in [5.74, 6) is -0.344. The Balaban J connectivity index is 1.67. The van der Waals surface area contributed by atoms with Gasteiger partial charge >= 0.3 is 5.91 Å². The van der Waals surface area contributed by atoms with E-state index in [2.05, 4.69) is 15.8 Å². The van der Waals surface area contributed by atoms with Gasteiger partial charge in [0.1, 0.15) is 0 Å². The Morgan fingerprint density at radius 3 is 2.40 bits per heavy atom. The number of nitrogens with zero attached hydrogens (tertiary/aromatic N) is 2. The molecule has 6 heteroatoms. The highest BCUT2D eigenvalue weighted by molar-refractivity contribution is 6.00. The predicted octanol–water partition coefficient (Wildman–Crippen LogP) is 1.22. The number of nitrogens with one attached hydrogen (secondary N) is 2. The van der Waals surface area contributed by atoms with Crippen LogP contribution in [0.2, 0.25) is 0 Å². The van der Waals surface area contributed by atoms with Crippen molar-refractivity contribution in [2.45, 2.75) is 26.3 Å². The average molecular weight is 339 g/mol. The van der Waals surface area contributed by atoms with E-state index in [1.807, 2.05) is 48.5 Å². The van der Waals surface area contributed by atoms with Gasteiger partial charge in [0.25, 0.3) is 0 Å². The van der Waals surface area contributed by atoms with Gasteiger partial charge in [0.2, 0.25) is 12.5 Å². The van der Waals surface area contributed by atoms with E-state index in [1.54, 1.807) is 23.9 Å². The first kappa shape index (κ1) is 18.3. The maximum absolute atomic E-state index is 11.9. The Morgan fingerprint density at radius 1 is 1.00 bits per heavy atom. The lowest BCUT2D eigenvalue weighted by atomic mass is 10.1. The van der Waals surface area contributed by atoms with Crippen molar-refractivity contribution in [3.05, 3.63) is 66.5 Å². The second kappa shape index (κ2) is 9.97. The van der Waals surface area contributed by atoms with Gasteiger partial charge in [-0.1, -0.05) is 36.4 Å². The van der Waals surface area contributed by atoms with Crippen LogP contribution in [0.4, 0.5) is 0 Å². The summed E-state index contributed by atoms with van der Waals surface area (Å²) in [6.45, 7) is 2.47. The van der Waals surface area contributed by atoms with Crippen LogP contribution in [0.5, 0.6) is 0 Å². The highest BCUT2D eigenvalue weighted by Crippen LogP contribution is 1.98. The second-order valence-corrected chi connectivity index (χ2v) is 5.69. The number of hydrogen-bond donors (Lipinski definition) is 2. The van der Waals surface area contributed by atoms with E-state index in [0.717, 1.165) is 6.42 Å². The molecule has 0 bridgehead atoms. The lowest BCUT2D eigenvalue weighted by molar-refractivity contribution is -0.684. The molecule has 2 amide bonds. The third-order valence-electron chi connectivity index (χ3n) is 3.47. The molecular weight excluding hydrogens is 316 g/mol. The highest BCUT2D eigenvalue weighted by Gasteiger charge is 2.08. The molecule has 2 rings (SSSR count). The molecule has 0 unspecified atom stereocenters. The fraction of sp³-hybridized carbons (Fsp3) is 0.263. The van der Waals surface area contributed by atoms with Crippen LogP contribution in [0.25, 0.3) is 0 Å². The van der Waals surface area contributed by atoms with Crippen molar-refractivity contribution in [1.82, 2.24) is 10.7 Å². The molecule has 0 saturated carbocycles. The van der Waals surface area contributed by atoms with E-state index in [9.17, 15) is 9.59 Å². The van der Waals surface area contributed by atoms with Gasteiger partial charge in [0.15, 0.2) is 12.4 Å². The van der Waals surface area contributed by atoms with Gasteiger partial charge < -0.3 is 5.32 Å². The summed E-state index contributed by atoms with van der Waals surface area (Å²) >= 11 is 0. The molecule has 0 spiro atoms. The molecule has 25 heavy (non-hydrogen) atoms. The summed E-state index contributed by atoms with van der Waals surface area (Å²) in [7, 11) is 0. The molecule has 1 aromatic carbocycles. The predicted molar refractivity (Wildman–Crippen MR) is 95.7 cm³/mol. The SMILES string of the molecule is C/C(CC(=O)NCCc1ccccc1)=N/NC(=O)C[n+]1ccccc1. The molecule has 0 aliphatic heterocycles. The first-order valence-electron chi connectivity index (χ1n) is 8.20. The van der Waals surface area contributed by atoms with E-state index in [1.165, 1.54) is 5.56 Å². The summed E-state index contributed by atoms with van der Waals surface area (Å²) in [6.07, 6.45) is 4.55. The Labute approximate surface area is 147 Å². The van der Waals surface area contributed by atoms with Crippen molar-refractivity contribution in [3.8, 4) is 0 Å². The first-order valence-corrected chi connectivity index (χ1v) is 8.20. The fourth-order valence-electron chi connectivity index (χ4n) is 2.22. The molecule has 2 aromatic rings. The third-order valence-corrected chi connectivity index (χ3v) is 3.47. The van der Waals surface area contributed by atoms with Crippen molar-refractivity contribution >= 4 is 17.5 Å². The van der Waals surface area contributed by atoms with Crippen molar-refractivity contribution in [2.75, 3.05) is 6.54 Å². The molecule has 6 nitrogen and oxygen atoms in total. The standard InChI is InChI=1S/C19H22N4O2/c1-16(21-22-19(25)15-23-12-6-3-7-13-23)14-18(24)20-11-10-17-8-4-2-5-9-17/h2-9,12-13H,10-11,14-15H2,1H3,(H-,20,22,24,25)/p+1/b21-16-. The zero-order valence-electron chi connectivity index (χ0n) is 14.3. The molecule has 0 radical (unpaired) electrons. The second-order valence-electron chi connectivity index (χ2n) is 5.69. The van der Waals surface area contributed by atoms with E-state index in [-0.39, 0.29) is 24.8 Å². The number of aromatic nitrogens is 1. The minimum atomic E-state index is -0.236. The number of amides is 2. The van der Waals surface area contributed by atoms with Crippen LogP contribution in [-0.4, -0.2) is 24.1 Å². The minimum Gasteiger partial charge on any atom is -0.355 e. The number of carbonyl (C=O) groups is 2. The third kappa shape index (κ3) is 7.39. The van der Waals surface area contributed by atoms with Crippen molar-refractivity contribution in [3.63, 3.8) is 0 Å². The van der Waals surface area contributed by atoms with Crippen LogP contribution in [-0.2, 0) is 22.6 Å². The number of hydrogen-bond acceptors (Lipinski definition) is 3. The molecule has 0 aliphatic carbocycles. The van der Waals surface area contributed by atoms with Crippen LogP contribution in [0.3, 0.4) is 0 Å². The van der Waals surface area contributed by atoms with Gasteiger partial charge in [0, 0.05) is 24.4 Å². The summed E-state index contributed by atoms with van der Waals surface area (Å²) in [5, 5.41) is 6.82. The van der Waals surface area contributed by atoms with Crippen LogP contribution < -0.4 is 15.3 Å². The number of rotatable bonds is 8. The summed E-state index contributed by atoms with van der Waals surface area (Å²) in [4.78, 5) is 23.7. The van der Waals surface area contributed by atoms with Crippen molar-refractivity contribution < 1.29 is 14.2 Å². The van der Waals surface area contributed by atoms with Gasteiger partial charge in [-0.3, -0.25) is 9.59 Å². The van der Waals surface area contributed by atoms with E-state index >= 15 is 0 Å². The maximum atomic E-state index is 11.9. The summed E-state index contributed by atoms with van der Waals surface area (Å²) in [6, 6.07) is 15.6. The van der Waals surface area contributed by atoms with E-state index < -0.39 is 0 Å². The number of carbonyl (C=O) groups excluding carboxylic acids is 2. The monoisotopic (exact) mass is 339 g/mol. The van der Waals surface area contributed by atoms with Crippen molar-refractivity contribution in [1.29, 1.82) is 0 Å². The zero-order valence-corrected chi connectivity index (χ0v) is 14.3. The van der Waals surface area contributed by atoms with Crippen LogP contribution >= 0.6 is 0 Å². The van der Waals surface area contributed by atoms with Gasteiger partial charge in [-0.15, -0.1) is 0 Å². The Hall–Kier alpha value is -3.02. The number of pyridine rings is 1. The molecule has 0 aliphatic rings. The number of hydrazone groups is 1. The first-order chi connectivity index (χ1) is 12.1. The smallest absolute Gasteiger partial charge is 0.305 e. The van der Waals surface area contributed by atoms with Crippen LogP contribution in [0.1, 0.15) is 18.9 Å².